The highest BCUT2D eigenvalue weighted by atomic mass is 35.5. The van der Waals surface area contributed by atoms with Gasteiger partial charge >= 0.3 is 6.09 Å². The van der Waals surface area contributed by atoms with Crippen molar-refractivity contribution in [1.29, 1.82) is 0 Å². The van der Waals surface area contributed by atoms with Crippen LogP contribution in [0.1, 0.15) is 38.3 Å². The lowest BCUT2D eigenvalue weighted by atomic mass is 10.1. The first kappa shape index (κ1) is 27.7. The average molecular weight is 530 g/mol. The van der Waals surface area contributed by atoms with E-state index in [9.17, 15) is 15.0 Å². The molecule has 3 aromatic rings. The summed E-state index contributed by atoms with van der Waals surface area (Å²) in [6.45, 7) is 5.59. The second-order valence-corrected chi connectivity index (χ2v) is 10.8. The molecule has 3 N–H and O–H groups in total. The molecular weight excluding hydrogens is 498 g/mol. The van der Waals surface area contributed by atoms with E-state index in [0.717, 1.165) is 16.0 Å². The Balaban J connectivity index is 1.59. The van der Waals surface area contributed by atoms with Crippen molar-refractivity contribution < 1.29 is 24.5 Å². The minimum absolute atomic E-state index is 0.159. The van der Waals surface area contributed by atoms with Gasteiger partial charge in [-0.15, -0.1) is 0 Å². The van der Waals surface area contributed by atoms with Gasteiger partial charge in [-0.1, -0.05) is 59.8 Å². The number of rotatable bonds is 10. The van der Waals surface area contributed by atoms with Crippen molar-refractivity contribution in [3.63, 3.8) is 0 Å². The number of amides is 1. The Morgan fingerprint density at radius 2 is 1.83 bits per heavy atom. The number of aliphatic hydroxyl groups excluding tert-OH is 1. The van der Waals surface area contributed by atoms with Crippen LogP contribution >= 0.6 is 23.4 Å². The third-order valence-corrected chi connectivity index (χ3v) is 6.52. The molecule has 0 fully saturated rings. The molecule has 0 saturated carbocycles. The second-order valence-electron chi connectivity index (χ2n) is 9.32. The molecule has 8 heteroatoms. The quantitative estimate of drug-likeness (QED) is 0.274. The monoisotopic (exact) mass is 529 g/mol. The van der Waals surface area contributed by atoms with Crippen LogP contribution < -0.4 is 10.1 Å². The first-order valence-electron chi connectivity index (χ1n) is 11.7. The van der Waals surface area contributed by atoms with Crippen molar-refractivity contribution in [2.75, 3.05) is 6.61 Å². The van der Waals surface area contributed by atoms with Gasteiger partial charge in [0, 0.05) is 9.92 Å². The number of aromatic hydroxyl groups is 1. The number of carbonyl (C=O) groups is 1. The summed E-state index contributed by atoms with van der Waals surface area (Å²) >= 11 is 7.92. The first-order chi connectivity index (χ1) is 17.1. The highest BCUT2D eigenvalue weighted by Crippen LogP contribution is 2.38. The van der Waals surface area contributed by atoms with Crippen molar-refractivity contribution in [3.8, 4) is 11.5 Å². The molecule has 36 heavy (non-hydrogen) atoms. The molecule has 1 atom stereocenters. The van der Waals surface area contributed by atoms with Gasteiger partial charge < -0.3 is 25.0 Å². The SMILES string of the molecule is CC(C)(C)OC(=O)NC(CO)CCc1ccc(Sc2cc(OCc3ccccc3)ccc2O)cc1Cl. The van der Waals surface area contributed by atoms with Crippen LogP contribution in [-0.4, -0.2) is 34.6 Å². The minimum atomic E-state index is -0.608. The zero-order valence-electron chi connectivity index (χ0n) is 20.7. The van der Waals surface area contributed by atoms with Gasteiger partial charge in [-0.3, -0.25) is 0 Å². The fourth-order valence-corrected chi connectivity index (χ4v) is 4.60. The van der Waals surface area contributed by atoms with E-state index in [1.165, 1.54) is 11.8 Å². The lowest BCUT2D eigenvalue weighted by Crippen LogP contribution is -2.41. The van der Waals surface area contributed by atoms with E-state index in [4.69, 9.17) is 21.1 Å². The van der Waals surface area contributed by atoms with Crippen LogP contribution in [0.4, 0.5) is 4.79 Å². The molecule has 0 aliphatic heterocycles. The largest absolute Gasteiger partial charge is 0.507 e. The number of nitrogens with one attached hydrogen (secondary N) is 1. The van der Waals surface area contributed by atoms with Crippen LogP contribution in [0.3, 0.4) is 0 Å². The predicted octanol–water partition coefficient (Wildman–Crippen LogP) is 6.59. The Morgan fingerprint density at radius 1 is 1.08 bits per heavy atom. The summed E-state index contributed by atoms with van der Waals surface area (Å²) in [4.78, 5) is 13.5. The predicted molar refractivity (Wildman–Crippen MR) is 143 cm³/mol. The highest BCUT2D eigenvalue weighted by Gasteiger charge is 2.19. The van der Waals surface area contributed by atoms with Crippen LogP contribution in [0.2, 0.25) is 5.02 Å². The van der Waals surface area contributed by atoms with E-state index in [1.54, 1.807) is 39.0 Å². The van der Waals surface area contributed by atoms with Gasteiger partial charge in [0.05, 0.1) is 17.5 Å². The van der Waals surface area contributed by atoms with E-state index >= 15 is 0 Å². The maximum atomic E-state index is 12.0. The molecule has 3 aromatic carbocycles. The van der Waals surface area contributed by atoms with E-state index < -0.39 is 17.7 Å². The maximum Gasteiger partial charge on any atom is 0.407 e. The minimum Gasteiger partial charge on any atom is -0.507 e. The number of alkyl carbamates (subject to hydrolysis) is 1. The number of aliphatic hydroxyl groups is 1. The number of carbonyl (C=O) groups excluding carboxylic acids is 1. The van der Waals surface area contributed by atoms with Crippen molar-refractivity contribution in [3.05, 3.63) is 82.9 Å². The first-order valence-corrected chi connectivity index (χ1v) is 12.9. The molecule has 3 rings (SSSR count). The van der Waals surface area contributed by atoms with Crippen molar-refractivity contribution >= 4 is 29.5 Å². The number of halogens is 1. The van der Waals surface area contributed by atoms with Gasteiger partial charge in [0.2, 0.25) is 0 Å². The van der Waals surface area contributed by atoms with Crippen molar-refractivity contribution in [1.82, 2.24) is 5.32 Å². The normalized spacial score (nSPS) is 12.1. The fourth-order valence-electron chi connectivity index (χ4n) is 3.34. The Bertz CT molecular complexity index is 1150. The average Bonchev–Trinajstić information content (AvgIpc) is 2.82. The molecule has 0 aliphatic carbocycles. The van der Waals surface area contributed by atoms with Crippen molar-refractivity contribution in [2.45, 2.75) is 61.7 Å². The molecule has 0 aliphatic rings. The molecule has 0 heterocycles. The standard InChI is InChI=1S/C28H32ClNO5S/c1-28(2,3)35-27(33)30-21(17-31)11-9-20-10-13-23(16-24(20)29)36-26-15-22(12-14-25(26)32)34-18-19-7-5-4-6-8-19/h4-8,10,12-16,21,31-32H,9,11,17-18H2,1-3H3,(H,30,33). The fraction of sp³-hybridized carbons (Fsp3) is 0.321. The molecule has 0 spiro atoms. The van der Waals surface area contributed by atoms with Gasteiger partial charge in [0.1, 0.15) is 23.7 Å². The summed E-state index contributed by atoms with van der Waals surface area (Å²) in [5.41, 5.74) is 1.35. The molecule has 0 radical (unpaired) electrons. The number of phenolic OH excluding ortho intramolecular Hbond substituents is 1. The van der Waals surface area contributed by atoms with Gasteiger partial charge in [-0.2, -0.15) is 0 Å². The maximum absolute atomic E-state index is 12.0. The van der Waals surface area contributed by atoms with Crippen LogP contribution in [-0.2, 0) is 17.8 Å². The molecule has 1 amide bonds. The molecule has 0 aromatic heterocycles. The molecule has 1 unspecified atom stereocenters. The van der Waals surface area contributed by atoms with Crippen LogP contribution in [0.15, 0.2) is 76.5 Å². The lowest BCUT2D eigenvalue weighted by molar-refractivity contribution is 0.0479. The third-order valence-electron chi connectivity index (χ3n) is 5.14. The molecule has 0 saturated heterocycles. The molecule has 192 valence electrons. The summed E-state index contributed by atoms with van der Waals surface area (Å²) in [5.74, 6) is 0.820. The molecular formula is C28H32ClNO5S. The summed E-state index contributed by atoms with van der Waals surface area (Å²) in [5, 5.41) is 23.2. The Kier molecular flexibility index (Phi) is 9.93. The topological polar surface area (TPSA) is 88.0 Å². The summed E-state index contributed by atoms with van der Waals surface area (Å²) < 4.78 is 11.1. The smallest absolute Gasteiger partial charge is 0.407 e. The van der Waals surface area contributed by atoms with Crippen LogP contribution in [0, 0.1) is 0 Å². The van der Waals surface area contributed by atoms with Gasteiger partial charge in [0.25, 0.3) is 0 Å². The van der Waals surface area contributed by atoms with Gasteiger partial charge in [-0.25, -0.2) is 4.79 Å². The summed E-state index contributed by atoms with van der Waals surface area (Å²) in [6.07, 6.45) is 0.511. The van der Waals surface area contributed by atoms with Crippen LogP contribution in [0.25, 0.3) is 0 Å². The van der Waals surface area contributed by atoms with Gasteiger partial charge in [0.15, 0.2) is 0 Å². The van der Waals surface area contributed by atoms with Crippen LogP contribution in [0.5, 0.6) is 11.5 Å². The number of hydrogen-bond acceptors (Lipinski definition) is 6. The Labute approximate surface area is 221 Å². The third kappa shape index (κ3) is 8.97. The van der Waals surface area contributed by atoms with E-state index in [1.807, 2.05) is 48.5 Å². The number of phenols is 1. The Morgan fingerprint density at radius 3 is 2.50 bits per heavy atom. The highest BCUT2D eigenvalue weighted by molar-refractivity contribution is 7.99. The number of hydrogen-bond donors (Lipinski definition) is 3. The summed E-state index contributed by atoms with van der Waals surface area (Å²) in [7, 11) is 0. The number of ether oxygens (including phenoxy) is 2. The van der Waals surface area contributed by atoms with Gasteiger partial charge in [-0.05, 0) is 75.1 Å². The second kappa shape index (κ2) is 12.9. The molecule has 0 bridgehead atoms. The van der Waals surface area contributed by atoms with E-state index in [2.05, 4.69) is 5.32 Å². The zero-order valence-corrected chi connectivity index (χ0v) is 22.2. The van der Waals surface area contributed by atoms with E-state index in [-0.39, 0.29) is 12.4 Å². The zero-order chi connectivity index (χ0) is 26.1. The van der Waals surface area contributed by atoms with Crippen molar-refractivity contribution in [2.24, 2.45) is 0 Å². The Hall–Kier alpha value is -2.87. The number of benzene rings is 3. The molecule has 6 nitrogen and oxygen atoms in total. The lowest BCUT2D eigenvalue weighted by Gasteiger charge is -2.22. The van der Waals surface area contributed by atoms with E-state index in [0.29, 0.717) is 35.1 Å². The summed E-state index contributed by atoms with van der Waals surface area (Å²) in [6, 6.07) is 20.3. The number of aryl methyl sites for hydroxylation is 1.